The Bertz CT molecular complexity index is 376. The molecule has 0 saturated heterocycles. The molecule has 1 aromatic carbocycles. The van der Waals surface area contributed by atoms with E-state index in [1.54, 1.807) is 0 Å². The number of aryl methyl sites for hydroxylation is 1. The molecule has 1 aromatic rings. The van der Waals surface area contributed by atoms with Gasteiger partial charge >= 0.3 is 5.97 Å². The molecule has 0 aromatic heterocycles. The van der Waals surface area contributed by atoms with Crippen molar-refractivity contribution >= 4 is 5.97 Å². The molecular formula is C10H11FO4. The molecular weight excluding hydrogens is 203 g/mol. The minimum absolute atomic E-state index is 0.185. The number of aromatic carboxylic acids is 1. The number of hydrogen-bond donors (Lipinski definition) is 3. The Kier molecular flexibility index (Phi) is 3.49. The third-order valence-electron chi connectivity index (χ3n) is 2.04. The number of hydrogen-bond acceptors (Lipinski definition) is 3. The Balaban J connectivity index is 3.15. The van der Waals surface area contributed by atoms with Gasteiger partial charge in [-0.15, -0.1) is 0 Å². The monoisotopic (exact) mass is 214 g/mol. The van der Waals surface area contributed by atoms with E-state index in [4.69, 9.17) is 10.2 Å². The molecule has 0 aliphatic rings. The Hall–Kier alpha value is -1.78. The predicted molar refractivity (Wildman–Crippen MR) is 51.0 cm³/mol. The van der Waals surface area contributed by atoms with Crippen molar-refractivity contribution < 1.29 is 24.5 Å². The molecule has 0 atom stereocenters. The van der Waals surface area contributed by atoms with Gasteiger partial charge in [-0.1, -0.05) is 6.07 Å². The lowest BCUT2D eigenvalue weighted by molar-refractivity contribution is 0.0691. The summed E-state index contributed by atoms with van der Waals surface area (Å²) in [7, 11) is 0. The largest absolute Gasteiger partial charge is 0.504 e. The fraction of sp³-hybridized carbons (Fsp3) is 0.300. The predicted octanol–water partition coefficient (Wildman–Crippen LogP) is 1.70. The maximum atomic E-state index is 11.9. The lowest BCUT2D eigenvalue weighted by Crippen LogP contribution is -2.03. The van der Waals surface area contributed by atoms with Crippen LogP contribution < -0.4 is 0 Å². The fourth-order valence-electron chi connectivity index (χ4n) is 1.33. The second-order valence-electron chi connectivity index (χ2n) is 3.07. The Morgan fingerprint density at radius 2 is 2.00 bits per heavy atom. The van der Waals surface area contributed by atoms with Crippen molar-refractivity contribution in [3.05, 3.63) is 23.3 Å². The molecule has 0 amide bonds. The van der Waals surface area contributed by atoms with Crippen LogP contribution in [-0.2, 0) is 6.42 Å². The number of benzene rings is 1. The van der Waals surface area contributed by atoms with Gasteiger partial charge < -0.3 is 15.3 Å². The molecule has 15 heavy (non-hydrogen) atoms. The summed E-state index contributed by atoms with van der Waals surface area (Å²) < 4.78 is 11.9. The van der Waals surface area contributed by atoms with Crippen molar-refractivity contribution in [2.24, 2.45) is 0 Å². The summed E-state index contributed by atoms with van der Waals surface area (Å²) in [5.41, 5.74) is -0.0427. The highest BCUT2D eigenvalue weighted by Gasteiger charge is 2.18. The molecule has 1 rings (SSSR count). The van der Waals surface area contributed by atoms with E-state index >= 15 is 0 Å². The number of aromatic hydroxyl groups is 2. The normalized spacial score (nSPS) is 10.2. The zero-order valence-corrected chi connectivity index (χ0v) is 7.90. The molecule has 0 heterocycles. The van der Waals surface area contributed by atoms with E-state index in [9.17, 15) is 14.3 Å². The molecule has 0 fully saturated rings. The van der Waals surface area contributed by atoms with Crippen molar-refractivity contribution in [2.45, 2.75) is 12.8 Å². The van der Waals surface area contributed by atoms with E-state index in [1.165, 1.54) is 12.1 Å². The minimum Gasteiger partial charge on any atom is -0.504 e. The molecule has 5 heteroatoms. The van der Waals surface area contributed by atoms with Gasteiger partial charge in [-0.05, 0) is 24.5 Å². The van der Waals surface area contributed by atoms with Crippen molar-refractivity contribution in [3.63, 3.8) is 0 Å². The summed E-state index contributed by atoms with van der Waals surface area (Å²) in [4.78, 5) is 10.8. The van der Waals surface area contributed by atoms with Gasteiger partial charge in [0.15, 0.2) is 11.5 Å². The molecule has 0 saturated carbocycles. The summed E-state index contributed by atoms with van der Waals surface area (Å²) in [5, 5.41) is 27.2. The third-order valence-corrected chi connectivity index (χ3v) is 2.04. The molecule has 0 aliphatic heterocycles. The molecule has 0 spiro atoms. The number of phenols is 2. The molecule has 0 radical (unpaired) electrons. The Morgan fingerprint density at radius 1 is 1.33 bits per heavy atom. The van der Waals surface area contributed by atoms with Crippen LogP contribution in [0.1, 0.15) is 22.3 Å². The number of carbonyl (C=O) groups is 1. The van der Waals surface area contributed by atoms with E-state index in [0.717, 1.165) is 0 Å². The van der Waals surface area contributed by atoms with Crippen LogP contribution in [0.3, 0.4) is 0 Å². The summed E-state index contributed by atoms with van der Waals surface area (Å²) in [6.07, 6.45) is 0.399. The number of halogens is 1. The maximum Gasteiger partial charge on any atom is 0.339 e. The smallest absolute Gasteiger partial charge is 0.339 e. The Labute approximate surface area is 85.6 Å². The van der Waals surface area contributed by atoms with E-state index < -0.39 is 24.1 Å². The topological polar surface area (TPSA) is 77.8 Å². The van der Waals surface area contributed by atoms with E-state index in [-0.39, 0.29) is 18.4 Å². The van der Waals surface area contributed by atoms with Gasteiger partial charge in [0, 0.05) is 0 Å². The first-order chi connectivity index (χ1) is 7.07. The van der Waals surface area contributed by atoms with Gasteiger partial charge in [0.2, 0.25) is 0 Å². The zero-order chi connectivity index (χ0) is 11.4. The fourth-order valence-corrected chi connectivity index (χ4v) is 1.33. The SMILES string of the molecule is O=C(O)c1c(CCCF)ccc(O)c1O. The molecule has 0 unspecified atom stereocenters. The van der Waals surface area contributed by atoms with Crippen molar-refractivity contribution in [1.29, 1.82) is 0 Å². The van der Waals surface area contributed by atoms with Crippen molar-refractivity contribution in [3.8, 4) is 11.5 Å². The van der Waals surface area contributed by atoms with Crippen LogP contribution in [-0.4, -0.2) is 28.0 Å². The van der Waals surface area contributed by atoms with Gasteiger partial charge in [-0.25, -0.2) is 4.79 Å². The van der Waals surface area contributed by atoms with Gasteiger partial charge in [0.25, 0.3) is 0 Å². The summed E-state index contributed by atoms with van der Waals surface area (Å²) in [5.74, 6) is -2.49. The number of rotatable bonds is 4. The van der Waals surface area contributed by atoms with E-state index in [0.29, 0.717) is 5.56 Å². The van der Waals surface area contributed by atoms with Crippen LogP contribution in [0.25, 0.3) is 0 Å². The van der Waals surface area contributed by atoms with Gasteiger partial charge in [0.05, 0.1) is 6.67 Å². The second kappa shape index (κ2) is 4.63. The summed E-state index contributed by atoms with van der Waals surface area (Å²) in [6, 6.07) is 2.56. The number of carboxylic acids is 1. The van der Waals surface area contributed by atoms with E-state index in [1.807, 2.05) is 0 Å². The van der Waals surface area contributed by atoms with Gasteiger partial charge in [-0.3, -0.25) is 4.39 Å². The van der Waals surface area contributed by atoms with E-state index in [2.05, 4.69) is 0 Å². The minimum atomic E-state index is -1.34. The highest BCUT2D eigenvalue weighted by atomic mass is 19.1. The van der Waals surface area contributed by atoms with Crippen molar-refractivity contribution in [2.75, 3.05) is 6.67 Å². The second-order valence-corrected chi connectivity index (χ2v) is 3.07. The molecule has 0 aliphatic carbocycles. The highest BCUT2D eigenvalue weighted by molar-refractivity contribution is 5.93. The van der Waals surface area contributed by atoms with Crippen LogP contribution >= 0.6 is 0 Å². The highest BCUT2D eigenvalue weighted by Crippen LogP contribution is 2.31. The first-order valence-corrected chi connectivity index (χ1v) is 4.41. The number of alkyl halides is 1. The first-order valence-electron chi connectivity index (χ1n) is 4.41. The van der Waals surface area contributed by atoms with Crippen LogP contribution in [0.2, 0.25) is 0 Å². The van der Waals surface area contributed by atoms with Crippen LogP contribution in [0.15, 0.2) is 12.1 Å². The average Bonchev–Trinajstić information content (AvgIpc) is 2.19. The standard InChI is InChI=1S/C10H11FO4/c11-5-1-2-6-3-4-7(12)9(13)8(6)10(14)15/h3-4,12-13H,1-2,5H2,(H,14,15). The lowest BCUT2D eigenvalue weighted by atomic mass is 10.0. The van der Waals surface area contributed by atoms with Crippen LogP contribution in [0.4, 0.5) is 4.39 Å². The number of carboxylic acid groups (broad SMARTS) is 1. The molecule has 3 N–H and O–H groups in total. The van der Waals surface area contributed by atoms with Gasteiger partial charge in [0.1, 0.15) is 5.56 Å². The van der Waals surface area contributed by atoms with Crippen molar-refractivity contribution in [1.82, 2.24) is 0 Å². The molecule has 0 bridgehead atoms. The zero-order valence-electron chi connectivity index (χ0n) is 7.90. The van der Waals surface area contributed by atoms with Crippen LogP contribution in [0, 0.1) is 0 Å². The summed E-state index contributed by atoms with van der Waals surface area (Å²) >= 11 is 0. The third kappa shape index (κ3) is 2.37. The van der Waals surface area contributed by atoms with Gasteiger partial charge in [-0.2, -0.15) is 0 Å². The molecule has 4 nitrogen and oxygen atoms in total. The maximum absolute atomic E-state index is 11.9. The molecule has 82 valence electrons. The average molecular weight is 214 g/mol. The first kappa shape index (κ1) is 11.3. The summed E-state index contributed by atoms with van der Waals surface area (Å²) in [6.45, 7) is -0.555. The number of phenolic OH excluding ortho intramolecular Hbond substituents is 1. The quantitative estimate of drug-likeness (QED) is 0.666. The Morgan fingerprint density at radius 3 is 2.53 bits per heavy atom. The van der Waals surface area contributed by atoms with Crippen LogP contribution in [0.5, 0.6) is 11.5 Å². The lowest BCUT2D eigenvalue weighted by Gasteiger charge is -2.08.